The lowest BCUT2D eigenvalue weighted by molar-refractivity contribution is 0.588. The largest absolute Gasteiger partial charge is 0.381 e. The van der Waals surface area contributed by atoms with Gasteiger partial charge in [-0.05, 0) is 25.5 Å². The van der Waals surface area contributed by atoms with Crippen LogP contribution < -0.4 is 10.0 Å². The van der Waals surface area contributed by atoms with E-state index in [1.165, 1.54) is 10.5 Å². The van der Waals surface area contributed by atoms with E-state index in [2.05, 4.69) is 10.1 Å². The predicted octanol–water partition coefficient (Wildman–Crippen LogP) is 1.49. The van der Waals surface area contributed by atoms with Gasteiger partial charge >= 0.3 is 0 Å². The number of sulfonamides is 1. The van der Waals surface area contributed by atoms with Crippen molar-refractivity contribution in [2.45, 2.75) is 31.7 Å². The van der Waals surface area contributed by atoms with Crippen molar-refractivity contribution in [3.8, 4) is 0 Å². The first-order valence-corrected chi connectivity index (χ1v) is 8.20. The lowest BCUT2D eigenvalue weighted by Gasteiger charge is -2.21. The molecule has 2 heterocycles. The fraction of sp³-hybridized carbons (Fsp3) is 0.385. The number of rotatable bonds is 6. The molecular formula is C13H19N5O2S. The van der Waals surface area contributed by atoms with E-state index in [1.54, 1.807) is 36.1 Å². The molecule has 0 saturated heterocycles. The van der Waals surface area contributed by atoms with Gasteiger partial charge in [-0.25, -0.2) is 8.42 Å². The minimum Gasteiger partial charge on any atom is -0.381 e. The maximum atomic E-state index is 12.8. The van der Waals surface area contributed by atoms with Gasteiger partial charge in [0, 0.05) is 31.7 Å². The van der Waals surface area contributed by atoms with Crippen LogP contribution in [0.1, 0.15) is 20.3 Å². The zero-order valence-electron chi connectivity index (χ0n) is 12.1. The van der Waals surface area contributed by atoms with Crippen LogP contribution >= 0.6 is 0 Å². The molecule has 0 atom stereocenters. The summed E-state index contributed by atoms with van der Waals surface area (Å²) in [6.45, 7) is 4.68. The van der Waals surface area contributed by atoms with Crippen molar-refractivity contribution in [2.75, 3.05) is 16.6 Å². The monoisotopic (exact) mass is 309 g/mol. The Kier molecular flexibility index (Phi) is 4.46. The quantitative estimate of drug-likeness (QED) is 0.872. The Morgan fingerprint density at radius 2 is 1.95 bits per heavy atom. The van der Waals surface area contributed by atoms with E-state index in [4.69, 9.17) is 5.73 Å². The van der Waals surface area contributed by atoms with Crippen LogP contribution in [0.5, 0.6) is 0 Å². The lowest BCUT2D eigenvalue weighted by Crippen LogP contribution is -2.31. The molecule has 0 amide bonds. The van der Waals surface area contributed by atoms with Crippen molar-refractivity contribution < 1.29 is 8.42 Å². The summed E-state index contributed by atoms with van der Waals surface area (Å²) in [4.78, 5) is 3.94. The highest BCUT2D eigenvalue weighted by Crippen LogP contribution is 2.25. The number of aromatic nitrogens is 3. The Hall–Kier alpha value is -2.09. The lowest BCUT2D eigenvalue weighted by atomic mass is 10.4. The molecule has 0 aliphatic carbocycles. The molecule has 2 rings (SSSR count). The number of nitrogens with two attached hydrogens (primary N) is 1. The summed E-state index contributed by atoms with van der Waals surface area (Å²) in [6.07, 6.45) is 5.44. The van der Waals surface area contributed by atoms with Crippen LogP contribution in [0.2, 0.25) is 0 Å². The van der Waals surface area contributed by atoms with Gasteiger partial charge in [-0.1, -0.05) is 6.92 Å². The first-order valence-electron chi connectivity index (χ1n) is 6.76. The molecule has 0 aliphatic heterocycles. The van der Waals surface area contributed by atoms with E-state index in [1.807, 2.05) is 6.92 Å². The molecule has 0 aromatic carbocycles. The zero-order chi connectivity index (χ0) is 15.5. The SMILES string of the molecule is CCCn1cc(S(=O)(=O)N(CC)c2ccncc2)c(N)n1. The summed E-state index contributed by atoms with van der Waals surface area (Å²) in [5, 5.41) is 4.05. The molecule has 7 nitrogen and oxygen atoms in total. The molecular weight excluding hydrogens is 290 g/mol. The average Bonchev–Trinajstić information content (AvgIpc) is 2.82. The number of nitrogen functional groups attached to an aromatic ring is 1. The van der Waals surface area contributed by atoms with Gasteiger partial charge in [-0.2, -0.15) is 5.10 Å². The standard InChI is InChI=1S/C13H19N5O2S/c1-3-9-17-10-12(13(14)16-17)21(19,20)18(4-2)11-5-7-15-8-6-11/h5-8,10H,3-4,9H2,1-2H3,(H2,14,16). The second-order valence-corrected chi connectivity index (χ2v) is 6.35. The van der Waals surface area contributed by atoms with Crippen molar-refractivity contribution in [1.29, 1.82) is 0 Å². The minimum atomic E-state index is -3.74. The van der Waals surface area contributed by atoms with Crippen molar-refractivity contribution in [3.05, 3.63) is 30.7 Å². The summed E-state index contributed by atoms with van der Waals surface area (Å²) in [7, 11) is -3.74. The third-order valence-corrected chi connectivity index (χ3v) is 4.93. The van der Waals surface area contributed by atoms with Gasteiger partial charge in [0.15, 0.2) is 5.82 Å². The average molecular weight is 309 g/mol. The smallest absolute Gasteiger partial charge is 0.269 e. The van der Waals surface area contributed by atoms with Gasteiger partial charge in [-0.3, -0.25) is 14.0 Å². The Balaban J connectivity index is 2.45. The molecule has 8 heteroatoms. The number of nitrogens with zero attached hydrogens (tertiary/aromatic N) is 4. The van der Waals surface area contributed by atoms with Crippen LogP contribution in [0.4, 0.5) is 11.5 Å². The maximum absolute atomic E-state index is 12.8. The first kappa shape index (κ1) is 15.3. The van der Waals surface area contributed by atoms with Gasteiger partial charge in [0.05, 0.1) is 5.69 Å². The molecule has 2 aromatic heterocycles. The van der Waals surface area contributed by atoms with Gasteiger partial charge < -0.3 is 5.73 Å². The van der Waals surface area contributed by atoms with Crippen LogP contribution in [-0.4, -0.2) is 29.7 Å². The molecule has 2 N–H and O–H groups in total. The van der Waals surface area contributed by atoms with E-state index in [-0.39, 0.29) is 10.7 Å². The number of aryl methyl sites for hydroxylation is 1. The third kappa shape index (κ3) is 2.99. The van der Waals surface area contributed by atoms with Crippen LogP contribution in [0, 0.1) is 0 Å². The Bertz CT molecular complexity index is 697. The number of hydrogen-bond acceptors (Lipinski definition) is 5. The van der Waals surface area contributed by atoms with E-state index in [0.29, 0.717) is 18.8 Å². The molecule has 0 fully saturated rings. The Morgan fingerprint density at radius 1 is 1.29 bits per heavy atom. The molecule has 0 aliphatic rings. The van der Waals surface area contributed by atoms with Crippen LogP contribution in [0.15, 0.2) is 35.6 Å². The minimum absolute atomic E-state index is 0.0240. The van der Waals surface area contributed by atoms with E-state index in [0.717, 1.165) is 6.42 Å². The molecule has 0 bridgehead atoms. The predicted molar refractivity (Wildman–Crippen MR) is 81.4 cm³/mol. The van der Waals surface area contributed by atoms with Crippen molar-refractivity contribution in [3.63, 3.8) is 0 Å². The molecule has 2 aromatic rings. The van der Waals surface area contributed by atoms with Crippen molar-refractivity contribution in [2.24, 2.45) is 0 Å². The summed E-state index contributed by atoms with van der Waals surface area (Å²) in [5.41, 5.74) is 6.33. The maximum Gasteiger partial charge on any atom is 0.269 e. The second-order valence-electron chi connectivity index (χ2n) is 4.52. The van der Waals surface area contributed by atoms with Crippen LogP contribution in [0.3, 0.4) is 0 Å². The zero-order valence-corrected chi connectivity index (χ0v) is 12.9. The number of pyridine rings is 1. The highest BCUT2D eigenvalue weighted by Gasteiger charge is 2.28. The molecule has 114 valence electrons. The fourth-order valence-corrected chi connectivity index (χ4v) is 3.62. The van der Waals surface area contributed by atoms with Crippen LogP contribution in [0.25, 0.3) is 0 Å². The van der Waals surface area contributed by atoms with E-state index >= 15 is 0 Å². The second kappa shape index (κ2) is 6.13. The number of hydrogen-bond donors (Lipinski definition) is 1. The highest BCUT2D eigenvalue weighted by atomic mass is 32.2. The Morgan fingerprint density at radius 3 is 2.52 bits per heavy atom. The van der Waals surface area contributed by atoms with Gasteiger partial charge in [0.1, 0.15) is 4.90 Å². The van der Waals surface area contributed by atoms with Gasteiger partial charge in [0.25, 0.3) is 10.0 Å². The molecule has 21 heavy (non-hydrogen) atoms. The Labute approximate surface area is 124 Å². The molecule has 0 spiro atoms. The first-order chi connectivity index (χ1) is 10.0. The third-order valence-electron chi connectivity index (χ3n) is 3.01. The topological polar surface area (TPSA) is 94.1 Å². The van der Waals surface area contributed by atoms with Crippen molar-refractivity contribution >= 4 is 21.5 Å². The van der Waals surface area contributed by atoms with Gasteiger partial charge in [-0.15, -0.1) is 0 Å². The molecule has 0 saturated carbocycles. The summed E-state index contributed by atoms with van der Waals surface area (Å²) in [5.74, 6) is 0.0240. The van der Waals surface area contributed by atoms with Gasteiger partial charge in [0.2, 0.25) is 0 Å². The molecule has 0 unspecified atom stereocenters. The van der Waals surface area contributed by atoms with E-state index in [9.17, 15) is 8.42 Å². The summed E-state index contributed by atoms with van der Waals surface area (Å²) >= 11 is 0. The molecule has 0 radical (unpaired) electrons. The van der Waals surface area contributed by atoms with E-state index < -0.39 is 10.0 Å². The van der Waals surface area contributed by atoms with Crippen molar-refractivity contribution in [1.82, 2.24) is 14.8 Å². The highest BCUT2D eigenvalue weighted by molar-refractivity contribution is 7.93. The van der Waals surface area contributed by atoms with Crippen LogP contribution in [-0.2, 0) is 16.6 Å². The summed E-state index contributed by atoms with van der Waals surface area (Å²) < 4.78 is 28.4. The normalized spacial score (nSPS) is 11.5. The number of anilines is 2. The fourth-order valence-electron chi connectivity index (χ4n) is 2.08. The summed E-state index contributed by atoms with van der Waals surface area (Å²) in [6, 6.07) is 3.29.